The number of likely N-dealkylation sites (tertiary alicyclic amines) is 1. The Hall–Kier alpha value is -0.770. The van der Waals surface area contributed by atoms with Crippen LogP contribution in [0.1, 0.15) is 44.9 Å². The predicted octanol–water partition coefficient (Wildman–Crippen LogP) is 3.88. The van der Waals surface area contributed by atoms with Gasteiger partial charge in [0.05, 0.1) is 0 Å². The number of ether oxygens (including phenoxy) is 1. The summed E-state index contributed by atoms with van der Waals surface area (Å²) in [6.07, 6.45) is 8.37. The molecule has 1 N–H and O–H groups in total. The average molecular weight is 324 g/mol. The molecule has 0 atom stereocenters. The first-order valence-corrected chi connectivity index (χ1v) is 8.87. The van der Waals surface area contributed by atoms with Crippen LogP contribution in [0.2, 0.25) is 5.02 Å². The van der Waals surface area contributed by atoms with E-state index in [0.717, 1.165) is 37.7 Å². The quantitative estimate of drug-likeness (QED) is 0.912. The van der Waals surface area contributed by atoms with Gasteiger partial charge in [-0.15, -0.1) is 0 Å². The Morgan fingerprint density at radius 2 is 1.91 bits per heavy atom. The Bertz CT molecular complexity index is 480. The maximum absolute atomic E-state index is 10.7. The fourth-order valence-electron chi connectivity index (χ4n) is 3.67. The number of piperidine rings is 1. The molecule has 1 aromatic carbocycles. The highest BCUT2D eigenvalue weighted by Crippen LogP contribution is 2.29. The second-order valence-electron chi connectivity index (χ2n) is 6.80. The van der Waals surface area contributed by atoms with Crippen molar-refractivity contribution in [3.63, 3.8) is 0 Å². The van der Waals surface area contributed by atoms with Gasteiger partial charge >= 0.3 is 0 Å². The van der Waals surface area contributed by atoms with Gasteiger partial charge in [0, 0.05) is 24.2 Å². The molecule has 1 saturated carbocycles. The first kappa shape index (κ1) is 16.1. The van der Waals surface area contributed by atoms with Gasteiger partial charge in [-0.3, -0.25) is 0 Å². The average Bonchev–Trinajstić information content (AvgIpc) is 2.55. The molecule has 1 saturated heterocycles. The summed E-state index contributed by atoms with van der Waals surface area (Å²) in [7, 11) is 0. The van der Waals surface area contributed by atoms with E-state index in [1.54, 1.807) is 6.07 Å². The van der Waals surface area contributed by atoms with Crippen LogP contribution in [0.4, 0.5) is 0 Å². The van der Waals surface area contributed by atoms with Crippen molar-refractivity contribution in [3.05, 3.63) is 29.3 Å². The molecule has 3 rings (SSSR count). The lowest BCUT2D eigenvalue weighted by molar-refractivity contribution is -0.0618. The molecule has 0 aromatic heterocycles. The van der Waals surface area contributed by atoms with E-state index in [-0.39, 0.29) is 0 Å². The molecule has 1 aromatic rings. The van der Waals surface area contributed by atoms with Gasteiger partial charge in [-0.2, -0.15) is 0 Å². The van der Waals surface area contributed by atoms with E-state index in [2.05, 4.69) is 4.90 Å². The van der Waals surface area contributed by atoms with E-state index in [9.17, 15) is 5.11 Å². The van der Waals surface area contributed by atoms with E-state index >= 15 is 0 Å². The molecular weight excluding hydrogens is 298 g/mol. The van der Waals surface area contributed by atoms with Crippen LogP contribution in [-0.4, -0.2) is 41.3 Å². The Morgan fingerprint density at radius 1 is 1.18 bits per heavy atom. The smallest absolute Gasteiger partial charge is 0.120 e. The van der Waals surface area contributed by atoms with Crippen molar-refractivity contribution in [3.8, 4) is 5.75 Å². The second-order valence-corrected chi connectivity index (χ2v) is 7.23. The van der Waals surface area contributed by atoms with Gasteiger partial charge in [0.25, 0.3) is 0 Å². The Labute approximate surface area is 138 Å². The second kappa shape index (κ2) is 7.20. The lowest BCUT2D eigenvalue weighted by atomic mass is 9.88. The van der Waals surface area contributed by atoms with Crippen molar-refractivity contribution < 1.29 is 9.84 Å². The van der Waals surface area contributed by atoms with Crippen molar-refractivity contribution in [2.24, 2.45) is 0 Å². The molecule has 3 nitrogen and oxygen atoms in total. The Kier molecular flexibility index (Phi) is 5.27. The lowest BCUT2D eigenvalue weighted by Gasteiger charge is -2.42. The van der Waals surface area contributed by atoms with Crippen LogP contribution in [0.3, 0.4) is 0 Å². The van der Waals surface area contributed by atoms with Crippen molar-refractivity contribution in [2.45, 2.75) is 56.6 Å². The van der Waals surface area contributed by atoms with E-state index in [1.807, 2.05) is 18.2 Å². The SMILES string of the molecule is OC1(COc2cccc(Cl)c2)CCN(C2CCCCC2)CC1. The number of rotatable bonds is 4. The summed E-state index contributed by atoms with van der Waals surface area (Å²) in [5.41, 5.74) is -0.701. The lowest BCUT2D eigenvalue weighted by Crippen LogP contribution is -2.51. The summed E-state index contributed by atoms with van der Waals surface area (Å²) >= 11 is 5.96. The van der Waals surface area contributed by atoms with E-state index < -0.39 is 5.60 Å². The van der Waals surface area contributed by atoms with Gasteiger partial charge in [0.1, 0.15) is 18.0 Å². The molecule has 2 fully saturated rings. The summed E-state index contributed by atoms with van der Waals surface area (Å²) in [6, 6.07) is 8.11. The summed E-state index contributed by atoms with van der Waals surface area (Å²) in [6.45, 7) is 2.33. The Balaban J connectivity index is 1.48. The van der Waals surface area contributed by atoms with Crippen LogP contribution in [0.25, 0.3) is 0 Å². The predicted molar refractivity (Wildman–Crippen MR) is 89.6 cm³/mol. The van der Waals surface area contributed by atoms with Crippen molar-refractivity contribution >= 4 is 11.6 Å². The fraction of sp³-hybridized carbons (Fsp3) is 0.667. The molecule has 0 unspecified atom stereocenters. The first-order chi connectivity index (χ1) is 10.6. The van der Waals surface area contributed by atoms with Crippen molar-refractivity contribution in [2.75, 3.05) is 19.7 Å². The van der Waals surface area contributed by atoms with Gasteiger partial charge in [0.15, 0.2) is 0 Å². The first-order valence-electron chi connectivity index (χ1n) is 8.49. The molecule has 1 aliphatic heterocycles. The molecule has 0 radical (unpaired) electrons. The van der Waals surface area contributed by atoms with Crippen molar-refractivity contribution in [1.29, 1.82) is 0 Å². The van der Waals surface area contributed by atoms with Crippen LogP contribution >= 0.6 is 11.6 Å². The molecule has 2 aliphatic rings. The number of hydrogen-bond acceptors (Lipinski definition) is 3. The van der Waals surface area contributed by atoms with Gasteiger partial charge in [-0.25, -0.2) is 0 Å². The maximum Gasteiger partial charge on any atom is 0.120 e. The molecule has 0 spiro atoms. The minimum absolute atomic E-state index is 0.353. The third kappa shape index (κ3) is 4.15. The highest BCUT2D eigenvalue weighted by atomic mass is 35.5. The van der Waals surface area contributed by atoms with Gasteiger partial charge in [0.2, 0.25) is 0 Å². The number of nitrogens with zero attached hydrogens (tertiary/aromatic N) is 1. The van der Waals surface area contributed by atoms with Crippen LogP contribution in [-0.2, 0) is 0 Å². The third-order valence-corrected chi connectivity index (χ3v) is 5.36. The van der Waals surface area contributed by atoms with Crippen LogP contribution in [0.15, 0.2) is 24.3 Å². The zero-order valence-corrected chi connectivity index (χ0v) is 13.9. The van der Waals surface area contributed by atoms with Gasteiger partial charge in [-0.1, -0.05) is 36.9 Å². The minimum atomic E-state index is -0.701. The van der Waals surface area contributed by atoms with Crippen LogP contribution in [0.5, 0.6) is 5.75 Å². The standard InChI is InChI=1S/C18H26ClNO2/c19-15-5-4-8-17(13-15)22-14-18(21)9-11-20(12-10-18)16-6-2-1-3-7-16/h4-5,8,13,16,21H,1-3,6-7,9-12,14H2. The molecule has 22 heavy (non-hydrogen) atoms. The molecule has 1 heterocycles. The number of benzene rings is 1. The maximum atomic E-state index is 10.7. The van der Waals surface area contributed by atoms with Gasteiger partial charge in [-0.05, 0) is 43.9 Å². The van der Waals surface area contributed by atoms with Crippen LogP contribution in [0, 0.1) is 0 Å². The minimum Gasteiger partial charge on any atom is -0.491 e. The number of aliphatic hydroxyl groups is 1. The number of hydrogen-bond donors (Lipinski definition) is 1. The summed E-state index contributed by atoms with van der Waals surface area (Å²) < 4.78 is 5.76. The largest absolute Gasteiger partial charge is 0.491 e. The molecule has 0 bridgehead atoms. The highest BCUT2D eigenvalue weighted by Gasteiger charge is 2.35. The zero-order chi connectivity index (χ0) is 15.4. The van der Waals surface area contributed by atoms with E-state index in [1.165, 1.54) is 32.1 Å². The zero-order valence-electron chi connectivity index (χ0n) is 13.1. The normalized spacial score (nSPS) is 23.4. The molecule has 1 aliphatic carbocycles. The fourth-order valence-corrected chi connectivity index (χ4v) is 3.85. The van der Waals surface area contributed by atoms with Crippen LogP contribution < -0.4 is 4.74 Å². The summed E-state index contributed by atoms with van der Waals surface area (Å²) in [5.74, 6) is 0.732. The third-order valence-electron chi connectivity index (χ3n) is 5.12. The van der Waals surface area contributed by atoms with E-state index in [0.29, 0.717) is 11.6 Å². The molecule has 0 amide bonds. The molecule has 4 heteroatoms. The van der Waals surface area contributed by atoms with E-state index in [4.69, 9.17) is 16.3 Å². The molecular formula is C18H26ClNO2. The Morgan fingerprint density at radius 3 is 2.59 bits per heavy atom. The molecule has 122 valence electrons. The highest BCUT2D eigenvalue weighted by molar-refractivity contribution is 6.30. The topological polar surface area (TPSA) is 32.7 Å². The monoisotopic (exact) mass is 323 g/mol. The van der Waals surface area contributed by atoms with Crippen molar-refractivity contribution in [1.82, 2.24) is 4.90 Å². The van der Waals surface area contributed by atoms with Gasteiger partial charge < -0.3 is 14.7 Å². The number of halogens is 1. The summed E-state index contributed by atoms with van der Waals surface area (Å²) in [5, 5.41) is 11.4. The summed E-state index contributed by atoms with van der Waals surface area (Å²) in [4.78, 5) is 2.58.